The SMILES string of the molecule is CCCC1(CNC(C)c2ccc(F)cc2Br)CC1. The summed E-state index contributed by atoms with van der Waals surface area (Å²) in [6.07, 6.45) is 5.28. The highest BCUT2D eigenvalue weighted by molar-refractivity contribution is 9.10. The van der Waals surface area contributed by atoms with Crippen molar-refractivity contribution < 1.29 is 4.39 Å². The van der Waals surface area contributed by atoms with Gasteiger partial charge in [0.15, 0.2) is 0 Å². The van der Waals surface area contributed by atoms with Crippen molar-refractivity contribution in [1.29, 1.82) is 0 Å². The van der Waals surface area contributed by atoms with E-state index >= 15 is 0 Å². The number of hydrogen-bond donors (Lipinski definition) is 1. The molecule has 0 saturated heterocycles. The third kappa shape index (κ3) is 3.33. The van der Waals surface area contributed by atoms with Crippen LogP contribution in [0.5, 0.6) is 0 Å². The molecule has 2 rings (SSSR count). The molecule has 1 aromatic carbocycles. The van der Waals surface area contributed by atoms with E-state index in [9.17, 15) is 4.39 Å². The first-order chi connectivity index (χ1) is 8.56. The number of rotatable bonds is 6. The van der Waals surface area contributed by atoms with Gasteiger partial charge in [-0.3, -0.25) is 0 Å². The van der Waals surface area contributed by atoms with E-state index in [1.165, 1.54) is 37.8 Å². The minimum Gasteiger partial charge on any atom is -0.310 e. The fraction of sp³-hybridized carbons (Fsp3) is 0.600. The first kappa shape index (κ1) is 14.0. The zero-order chi connectivity index (χ0) is 13.2. The minimum absolute atomic E-state index is 0.192. The van der Waals surface area contributed by atoms with Crippen LogP contribution in [0.2, 0.25) is 0 Å². The molecule has 0 spiro atoms. The van der Waals surface area contributed by atoms with Crippen LogP contribution in [0.4, 0.5) is 4.39 Å². The highest BCUT2D eigenvalue weighted by Crippen LogP contribution is 2.49. The normalized spacial score (nSPS) is 18.7. The van der Waals surface area contributed by atoms with E-state index in [-0.39, 0.29) is 11.9 Å². The highest BCUT2D eigenvalue weighted by Gasteiger charge is 2.41. The Morgan fingerprint density at radius 3 is 2.72 bits per heavy atom. The smallest absolute Gasteiger partial charge is 0.124 e. The molecule has 1 atom stereocenters. The number of hydrogen-bond acceptors (Lipinski definition) is 1. The molecule has 0 aliphatic heterocycles. The van der Waals surface area contributed by atoms with Gasteiger partial charge >= 0.3 is 0 Å². The second-order valence-electron chi connectivity index (χ2n) is 5.52. The van der Waals surface area contributed by atoms with E-state index < -0.39 is 0 Å². The second-order valence-corrected chi connectivity index (χ2v) is 6.37. The molecule has 0 heterocycles. The van der Waals surface area contributed by atoms with Gasteiger partial charge in [0.25, 0.3) is 0 Å². The van der Waals surface area contributed by atoms with Crippen LogP contribution in [-0.2, 0) is 0 Å². The zero-order valence-corrected chi connectivity index (χ0v) is 12.7. The molecule has 1 aromatic rings. The summed E-state index contributed by atoms with van der Waals surface area (Å²) in [6.45, 7) is 5.46. The Kier molecular flexibility index (Phi) is 4.44. The van der Waals surface area contributed by atoms with Crippen molar-refractivity contribution in [3.05, 3.63) is 34.1 Å². The van der Waals surface area contributed by atoms with Crippen molar-refractivity contribution in [2.45, 2.75) is 45.6 Å². The lowest BCUT2D eigenvalue weighted by molar-refractivity contribution is 0.397. The molecular formula is C15H21BrFN. The summed E-state index contributed by atoms with van der Waals surface area (Å²) in [4.78, 5) is 0. The van der Waals surface area contributed by atoms with Gasteiger partial charge in [-0.05, 0) is 49.3 Å². The molecule has 0 bridgehead atoms. The highest BCUT2D eigenvalue weighted by atomic mass is 79.9. The zero-order valence-electron chi connectivity index (χ0n) is 11.1. The van der Waals surface area contributed by atoms with Gasteiger partial charge in [0.1, 0.15) is 5.82 Å². The maximum absolute atomic E-state index is 13.0. The topological polar surface area (TPSA) is 12.0 Å². The van der Waals surface area contributed by atoms with Crippen molar-refractivity contribution in [3.63, 3.8) is 0 Å². The molecule has 3 heteroatoms. The van der Waals surface area contributed by atoms with E-state index in [4.69, 9.17) is 0 Å². The van der Waals surface area contributed by atoms with Crippen LogP contribution in [0.15, 0.2) is 22.7 Å². The molecule has 0 aromatic heterocycles. The van der Waals surface area contributed by atoms with Gasteiger partial charge in [0.05, 0.1) is 0 Å². The van der Waals surface area contributed by atoms with Crippen molar-refractivity contribution in [2.24, 2.45) is 5.41 Å². The Morgan fingerprint density at radius 2 is 2.17 bits per heavy atom. The predicted molar refractivity (Wildman–Crippen MR) is 77.1 cm³/mol. The van der Waals surface area contributed by atoms with Crippen LogP contribution in [0.3, 0.4) is 0 Å². The fourth-order valence-corrected chi connectivity index (χ4v) is 3.25. The van der Waals surface area contributed by atoms with Crippen LogP contribution in [0.1, 0.15) is 51.1 Å². The van der Waals surface area contributed by atoms with Crippen molar-refractivity contribution in [3.8, 4) is 0 Å². The van der Waals surface area contributed by atoms with Gasteiger partial charge in [-0.15, -0.1) is 0 Å². The summed E-state index contributed by atoms with van der Waals surface area (Å²) < 4.78 is 13.9. The Morgan fingerprint density at radius 1 is 1.44 bits per heavy atom. The van der Waals surface area contributed by atoms with E-state index in [1.54, 1.807) is 0 Å². The quantitative estimate of drug-likeness (QED) is 0.794. The predicted octanol–water partition coefficient (Wildman–Crippen LogP) is 4.82. The van der Waals surface area contributed by atoms with E-state index in [2.05, 4.69) is 35.1 Å². The molecule has 0 radical (unpaired) electrons. The van der Waals surface area contributed by atoms with Crippen LogP contribution < -0.4 is 5.32 Å². The average molecular weight is 314 g/mol. The number of benzene rings is 1. The molecular weight excluding hydrogens is 293 g/mol. The summed E-state index contributed by atoms with van der Waals surface area (Å²) in [6, 6.07) is 5.18. The van der Waals surface area contributed by atoms with Crippen LogP contribution >= 0.6 is 15.9 Å². The second kappa shape index (κ2) is 5.70. The Bertz CT molecular complexity index is 415. The molecule has 1 aliphatic carbocycles. The minimum atomic E-state index is -0.192. The summed E-state index contributed by atoms with van der Waals surface area (Å²) in [7, 11) is 0. The third-order valence-corrected chi connectivity index (χ3v) is 4.64. The van der Waals surface area contributed by atoms with E-state index in [1.807, 2.05) is 6.07 Å². The van der Waals surface area contributed by atoms with Gasteiger partial charge in [0.2, 0.25) is 0 Å². The molecule has 1 N–H and O–H groups in total. The fourth-order valence-electron chi connectivity index (χ4n) is 2.55. The van der Waals surface area contributed by atoms with Crippen molar-refractivity contribution >= 4 is 15.9 Å². The molecule has 100 valence electrons. The first-order valence-electron chi connectivity index (χ1n) is 6.75. The van der Waals surface area contributed by atoms with Gasteiger partial charge < -0.3 is 5.32 Å². The average Bonchev–Trinajstić information content (AvgIpc) is 3.07. The summed E-state index contributed by atoms with van der Waals surface area (Å²) >= 11 is 3.43. The van der Waals surface area contributed by atoms with Gasteiger partial charge in [-0.1, -0.05) is 35.3 Å². The molecule has 1 unspecified atom stereocenters. The Balaban J connectivity index is 1.93. The maximum Gasteiger partial charge on any atom is 0.124 e. The first-order valence-corrected chi connectivity index (χ1v) is 7.54. The van der Waals surface area contributed by atoms with Gasteiger partial charge in [-0.2, -0.15) is 0 Å². The van der Waals surface area contributed by atoms with Crippen LogP contribution in [-0.4, -0.2) is 6.54 Å². The third-order valence-electron chi connectivity index (χ3n) is 3.95. The molecule has 1 aliphatic rings. The Labute approximate surface area is 117 Å². The summed E-state index contributed by atoms with van der Waals surface area (Å²) in [5.74, 6) is -0.192. The maximum atomic E-state index is 13.0. The van der Waals surface area contributed by atoms with Crippen molar-refractivity contribution in [1.82, 2.24) is 5.32 Å². The molecule has 0 amide bonds. The number of halogens is 2. The molecule has 1 fully saturated rings. The standard InChI is InChI=1S/C15H21BrFN/c1-3-6-15(7-8-15)10-18-11(2)13-5-4-12(17)9-14(13)16/h4-5,9,11,18H,3,6-8,10H2,1-2H3. The van der Waals surface area contributed by atoms with Crippen LogP contribution in [0, 0.1) is 11.2 Å². The molecule has 1 nitrogen and oxygen atoms in total. The lowest BCUT2D eigenvalue weighted by Gasteiger charge is -2.21. The summed E-state index contributed by atoms with van der Waals surface area (Å²) in [5.41, 5.74) is 1.68. The van der Waals surface area contributed by atoms with Crippen molar-refractivity contribution in [2.75, 3.05) is 6.54 Å². The lowest BCUT2D eigenvalue weighted by atomic mass is 9.99. The van der Waals surface area contributed by atoms with Gasteiger partial charge in [-0.25, -0.2) is 4.39 Å². The molecule has 1 saturated carbocycles. The lowest BCUT2D eigenvalue weighted by Crippen LogP contribution is -2.27. The monoisotopic (exact) mass is 313 g/mol. The Hall–Kier alpha value is -0.410. The summed E-state index contributed by atoms with van der Waals surface area (Å²) in [5, 5.41) is 3.59. The number of nitrogens with one attached hydrogen (secondary N) is 1. The molecule has 18 heavy (non-hydrogen) atoms. The van der Waals surface area contributed by atoms with Crippen LogP contribution in [0.25, 0.3) is 0 Å². The van der Waals surface area contributed by atoms with E-state index in [0.717, 1.165) is 16.6 Å². The van der Waals surface area contributed by atoms with Gasteiger partial charge in [0, 0.05) is 17.1 Å². The van der Waals surface area contributed by atoms with E-state index in [0.29, 0.717) is 5.41 Å². The largest absolute Gasteiger partial charge is 0.310 e.